The zero-order chi connectivity index (χ0) is 10.7. The second kappa shape index (κ2) is 5.18. The summed E-state index contributed by atoms with van der Waals surface area (Å²) in [6.45, 7) is 3.04. The number of likely N-dealkylation sites (N-methyl/N-ethyl adjacent to an activating group) is 1. The number of carbonyl (C=O) groups excluding carboxylic acids is 1. The molecule has 2 saturated heterocycles. The Morgan fingerprint density at radius 3 is 3.07 bits per heavy atom. The number of likely N-dealkylation sites (tertiary alicyclic amines) is 1. The van der Waals surface area contributed by atoms with Gasteiger partial charge in [0, 0.05) is 30.6 Å². The molecule has 2 rings (SSSR count). The molecule has 86 valence electrons. The van der Waals surface area contributed by atoms with Gasteiger partial charge in [-0.15, -0.1) is 0 Å². The molecule has 2 atom stereocenters. The molecule has 0 aromatic rings. The maximum atomic E-state index is 11.9. The standard InChI is InChI=1S/C10H19N3OS/c1-13-4-2-8(6-13)12-10(14)9-7-15-5-3-11-9/h8-9,11H,2-7H2,1H3,(H,12,14). The van der Waals surface area contributed by atoms with Gasteiger partial charge >= 0.3 is 0 Å². The van der Waals surface area contributed by atoms with E-state index in [4.69, 9.17) is 0 Å². The SMILES string of the molecule is CN1CCC(NC(=O)C2CSCCN2)C1. The van der Waals surface area contributed by atoms with E-state index in [1.807, 2.05) is 11.8 Å². The van der Waals surface area contributed by atoms with Crippen LogP contribution >= 0.6 is 11.8 Å². The fraction of sp³-hybridized carbons (Fsp3) is 0.900. The van der Waals surface area contributed by atoms with Crippen molar-refractivity contribution in [1.82, 2.24) is 15.5 Å². The van der Waals surface area contributed by atoms with Gasteiger partial charge in [0.2, 0.25) is 5.91 Å². The summed E-state index contributed by atoms with van der Waals surface area (Å²) in [6.07, 6.45) is 1.09. The van der Waals surface area contributed by atoms with Crippen LogP contribution in [0.1, 0.15) is 6.42 Å². The first kappa shape index (κ1) is 11.2. The van der Waals surface area contributed by atoms with E-state index in [1.54, 1.807) is 0 Å². The Kier molecular flexibility index (Phi) is 3.88. The van der Waals surface area contributed by atoms with Gasteiger partial charge in [0.1, 0.15) is 0 Å². The molecule has 4 nitrogen and oxygen atoms in total. The summed E-state index contributed by atoms with van der Waals surface area (Å²) < 4.78 is 0. The van der Waals surface area contributed by atoms with E-state index >= 15 is 0 Å². The van der Waals surface area contributed by atoms with E-state index in [0.717, 1.165) is 37.6 Å². The van der Waals surface area contributed by atoms with Gasteiger partial charge in [0.15, 0.2) is 0 Å². The molecule has 0 radical (unpaired) electrons. The number of thioether (sulfide) groups is 1. The van der Waals surface area contributed by atoms with Crippen LogP contribution in [0.2, 0.25) is 0 Å². The zero-order valence-corrected chi connectivity index (χ0v) is 9.98. The van der Waals surface area contributed by atoms with Crippen molar-refractivity contribution in [2.24, 2.45) is 0 Å². The smallest absolute Gasteiger partial charge is 0.238 e. The third-order valence-corrected chi connectivity index (χ3v) is 4.04. The van der Waals surface area contributed by atoms with Gasteiger partial charge in [-0.1, -0.05) is 0 Å². The van der Waals surface area contributed by atoms with Crippen molar-refractivity contribution in [3.8, 4) is 0 Å². The van der Waals surface area contributed by atoms with Gasteiger partial charge in [0.25, 0.3) is 0 Å². The number of amides is 1. The Balaban J connectivity index is 1.76. The maximum absolute atomic E-state index is 11.9. The van der Waals surface area contributed by atoms with Crippen molar-refractivity contribution in [1.29, 1.82) is 0 Å². The van der Waals surface area contributed by atoms with E-state index in [-0.39, 0.29) is 11.9 Å². The second-order valence-electron chi connectivity index (χ2n) is 4.34. The Bertz CT molecular complexity index is 231. The Hall–Kier alpha value is -0.260. The van der Waals surface area contributed by atoms with Gasteiger partial charge in [-0.05, 0) is 20.0 Å². The van der Waals surface area contributed by atoms with Gasteiger partial charge in [-0.3, -0.25) is 4.79 Å². The van der Waals surface area contributed by atoms with Gasteiger partial charge in [-0.2, -0.15) is 11.8 Å². The van der Waals surface area contributed by atoms with E-state index in [2.05, 4.69) is 22.6 Å². The number of nitrogens with one attached hydrogen (secondary N) is 2. The van der Waals surface area contributed by atoms with Crippen LogP contribution in [-0.2, 0) is 4.79 Å². The minimum atomic E-state index is 0.0228. The van der Waals surface area contributed by atoms with Crippen LogP contribution in [0.4, 0.5) is 0 Å². The third kappa shape index (κ3) is 3.09. The van der Waals surface area contributed by atoms with Crippen molar-refractivity contribution >= 4 is 17.7 Å². The molecule has 0 aliphatic carbocycles. The minimum Gasteiger partial charge on any atom is -0.351 e. The molecule has 0 aromatic carbocycles. The molecule has 0 bridgehead atoms. The lowest BCUT2D eigenvalue weighted by Crippen LogP contribution is -2.51. The molecular weight excluding hydrogens is 210 g/mol. The molecule has 0 aromatic heterocycles. The predicted molar refractivity (Wildman–Crippen MR) is 63.2 cm³/mol. The van der Waals surface area contributed by atoms with Crippen LogP contribution in [0, 0.1) is 0 Å². The number of nitrogens with zero attached hydrogens (tertiary/aromatic N) is 1. The average molecular weight is 229 g/mol. The van der Waals surface area contributed by atoms with Crippen LogP contribution in [-0.4, -0.2) is 61.1 Å². The van der Waals surface area contributed by atoms with E-state index in [9.17, 15) is 4.79 Å². The van der Waals surface area contributed by atoms with Crippen LogP contribution in [0.15, 0.2) is 0 Å². The van der Waals surface area contributed by atoms with Gasteiger partial charge in [-0.25, -0.2) is 0 Å². The fourth-order valence-corrected chi connectivity index (χ4v) is 3.02. The summed E-state index contributed by atoms with van der Waals surface area (Å²) >= 11 is 1.86. The summed E-state index contributed by atoms with van der Waals surface area (Å²) in [7, 11) is 2.10. The highest BCUT2D eigenvalue weighted by Crippen LogP contribution is 2.10. The van der Waals surface area contributed by atoms with Crippen molar-refractivity contribution < 1.29 is 4.79 Å². The van der Waals surface area contributed by atoms with Crippen LogP contribution < -0.4 is 10.6 Å². The molecule has 15 heavy (non-hydrogen) atoms. The molecule has 5 heteroatoms. The summed E-state index contributed by atoms with van der Waals surface area (Å²) in [5.41, 5.74) is 0. The third-order valence-electron chi connectivity index (χ3n) is 2.98. The van der Waals surface area contributed by atoms with Crippen molar-refractivity contribution in [2.75, 3.05) is 38.2 Å². The monoisotopic (exact) mass is 229 g/mol. The molecule has 1 amide bonds. The zero-order valence-electron chi connectivity index (χ0n) is 9.16. The quantitative estimate of drug-likeness (QED) is 0.671. The largest absolute Gasteiger partial charge is 0.351 e. The van der Waals surface area contributed by atoms with Crippen LogP contribution in [0.3, 0.4) is 0 Å². The lowest BCUT2D eigenvalue weighted by Gasteiger charge is -2.24. The van der Waals surface area contributed by atoms with Crippen molar-refractivity contribution in [2.45, 2.75) is 18.5 Å². The minimum absolute atomic E-state index is 0.0228. The number of carbonyl (C=O) groups is 1. The molecule has 2 heterocycles. The van der Waals surface area contributed by atoms with E-state index in [1.165, 1.54) is 0 Å². The average Bonchev–Trinajstić information content (AvgIpc) is 2.65. The van der Waals surface area contributed by atoms with Crippen molar-refractivity contribution in [3.05, 3.63) is 0 Å². The molecule has 2 aliphatic heterocycles. The number of rotatable bonds is 2. The molecule has 2 unspecified atom stereocenters. The molecule has 2 aliphatic rings. The van der Waals surface area contributed by atoms with Gasteiger partial charge < -0.3 is 15.5 Å². The topological polar surface area (TPSA) is 44.4 Å². The number of hydrogen-bond donors (Lipinski definition) is 2. The Morgan fingerprint density at radius 1 is 1.60 bits per heavy atom. The first-order chi connectivity index (χ1) is 7.25. The maximum Gasteiger partial charge on any atom is 0.238 e. The molecule has 2 fully saturated rings. The second-order valence-corrected chi connectivity index (χ2v) is 5.49. The Morgan fingerprint density at radius 2 is 2.47 bits per heavy atom. The lowest BCUT2D eigenvalue weighted by atomic mass is 10.2. The number of hydrogen-bond acceptors (Lipinski definition) is 4. The highest BCUT2D eigenvalue weighted by Gasteiger charge is 2.26. The highest BCUT2D eigenvalue weighted by molar-refractivity contribution is 7.99. The predicted octanol–water partition coefficient (Wildman–Crippen LogP) is -0.488. The molecular formula is C10H19N3OS. The van der Waals surface area contributed by atoms with E-state index in [0.29, 0.717) is 6.04 Å². The fourth-order valence-electron chi connectivity index (χ4n) is 2.09. The Labute approximate surface area is 95.2 Å². The normalized spacial score (nSPS) is 32.9. The molecule has 2 N–H and O–H groups in total. The first-order valence-electron chi connectivity index (χ1n) is 5.56. The van der Waals surface area contributed by atoms with E-state index < -0.39 is 0 Å². The van der Waals surface area contributed by atoms with Crippen LogP contribution in [0.25, 0.3) is 0 Å². The highest BCUT2D eigenvalue weighted by atomic mass is 32.2. The van der Waals surface area contributed by atoms with Crippen LogP contribution in [0.5, 0.6) is 0 Å². The molecule has 0 saturated carbocycles. The van der Waals surface area contributed by atoms with Crippen molar-refractivity contribution in [3.63, 3.8) is 0 Å². The molecule has 0 spiro atoms. The summed E-state index contributed by atoms with van der Waals surface area (Å²) in [5.74, 6) is 2.21. The summed E-state index contributed by atoms with van der Waals surface area (Å²) in [5, 5.41) is 6.38. The summed E-state index contributed by atoms with van der Waals surface area (Å²) in [4.78, 5) is 14.1. The summed E-state index contributed by atoms with van der Waals surface area (Å²) in [6, 6.07) is 0.380. The van der Waals surface area contributed by atoms with Gasteiger partial charge in [0.05, 0.1) is 6.04 Å². The lowest BCUT2D eigenvalue weighted by molar-refractivity contribution is -0.123. The first-order valence-corrected chi connectivity index (χ1v) is 6.71.